The molecule has 1 aromatic carbocycles. The van der Waals surface area contributed by atoms with Crippen molar-refractivity contribution in [2.45, 2.75) is 18.7 Å². The molecule has 0 bridgehead atoms. The van der Waals surface area contributed by atoms with Crippen LogP contribution in [0.25, 0.3) is 0 Å². The van der Waals surface area contributed by atoms with Crippen LogP contribution < -0.4 is 4.72 Å². The summed E-state index contributed by atoms with van der Waals surface area (Å²) in [6.07, 6.45) is 1.38. The normalized spacial score (nSPS) is 11.5. The lowest BCUT2D eigenvalue weighted by atomic mass is 10.2. The Labute approximate surface area is 113 Å². The molecular formula is C11H11BrN2O3S. The van der Waals surface area contributed by atoms with Gasteiger partial charge in [-0.05, 0) is 37.6 Å². The number of hydrogen-bond acceptors (Lipinski definition) is 4. The third-order valence-electron chi connectivity index (χ3n) is 2.28. The van der Waals surface area contributed by atoms with Crippen LogP contribution in [0.3, 0.4) is 0 Å². The maximum Gasteiger partial charge on any atom is 0.309 e. The number of nitrogens with zero attached hydrogens (tertiary/aromatic N) is 1. The summed E-state index contributed by atoms with van der Waals surface area (Å²) in [4.78, 5) is 4.06. The number of oxazole rings is 1. The van der Waals surface area contributed by atoms with Crippen molar-refractivity contribution in [2.75, 3.05) is 4.72 Å². The molecule has 0 unspecified atom stereocenters. The van der Waals surface area contributed by atoms with Crippen LogP contribution >= 0.6 is 15.9 Å². The van der Waals surface area contributed by atoms with Crippen LogP contribution in [0.4, 0.5) is 6.01 Å². The van der Waals surface area contributed by atoms with Gasteiger partial charge in [0.25, 0.3) is 10.0 Å². The zero-order chi connectivity index (χ0) is 13.3. The predicted octanol–water partition coefficient (Wildman–Crippen LogP) is 2.85. The van der Waals surface area contributed by atoms with E-state index in [2.05, 4.69) is 25.6 Å². The number of aromatic nitrogens is 1. The average molecular weight is 331 g/mol. The van der Waals surface area contributed by atoms with Crippen molar-refractivity contribution in [3.05, 3.63) is 40.2 Å². The lowest BCUT2D eigenvalue weighted by molar-refractivity contribution is 0.569. The molecule has 0 radical (unpaired) electrons. The molecule has 96 valence electrons. The van der Waals surface area contributed by atoms with E-state index in [1.165, 1.54) is 12.3 Å². The molecule has 0 saturated carbocycles. The van der Waals surface area contributed by atoms with E-state index in [9.17, 15) is 8.42 Å². The van der Waals surface area contributed by atoms with Gasteiger partial charge in [-0.15, -0.1) is 0 Å². The molecule has 0 aliphatic carbocycles. The lowest BCUT2D eigenvalue weighted by Crippen LogP contribution is -2.13. The summed E-state index contributed by atoms with van der Waals surface area (Å²) in [6, 6.07) is 4.73. The smallest absolute Gasteiger partial charge is 0.309 e. The number of benzene rings is 1. The molecular weight excluding hydrogens is 320 g/mol. The van der Waals surface area contributed by atoms with Gasteiger partial charge in [0.2, 0.25) is 0 Å². The molecule has 0 atom stereocenters. The van der Waals surface area contributed by atoms with E-state index in [-0.39, 0.29) is 10.9 Å². The molecule has 0 fully saturated rings. The summed E-state index contributed by atoms with van der Waals surface area (Å²) in [5.41, 5.74) is 1.45. The Morgan fingerprint density at radius 2 is 2.06 bits per heavy atom. The van der Waals surface area contributed by atoms with Gasteiger partial charge < -0.3 is 4.42 Å². The third kappa shape index (κ3) is 2.73. The summed E-state index contributed by atoms with van der Waals surface area (Å²) in [6.45, 7) is 3.53. The highest BCUT2D eigenvalue weighted by Crippen LogP contribution is 2.21. The highest BCUT2D eigenvalue weighted by atomic mass is 79.9. The standard InChI is InChI=1S/C11H11BrN2O3S/c1-7-5-9(3-4-10(7)12)18(15,16)14-11-13-8(2)6-17-11/h3-6H,1-2H3,(H,13,14). The fraction of sp³-hybridized carbons (Fsp3) is 0.182. The van der Waals surface area contributed by atoms with Gasteiger partial charge in [-0.25, -0.2) is 13.1 Å². The zero-order valence-corrected chi connectivity index (χ0v) is 12.2. The summed E-state index contributed by atoms with van der Waals surface area (Å²) < 4.78 is 32.2. The molecule has 0 spiro atoms. The summed E-state index contributed by atoms with van der Waals surface area (Å²) in [5.74, 6) is 0. The first-order valence-electron chi connectivity index (χ1n) is 5.09. The molecule has 0 aliphatic heterocycles. The van der Waals surface area contributed by atoms with Crippen molar-refractivity contribution >= 4 is 32.0 Å². The summed E-state index contributed by atoms with van der Waals surface area (Å²) in [7, 11) is -3.67. The largest absolute Gasteiger partial charge is 0.431 e. The van der Waals surface area contributed by atoms with Gasteiger partial charge in [-0.1, -0.05) is 15.9 Å². The second-order valence-corrected chi connectivity index (χ2v) is 6.35. The Balaban J connectivity index is 2.33. The second-order valence-electron chi connectivity index (χ2n) is 3.81. The maximum absolute atomic E-state index is 12.0. The molecule has 5 nitrogen and oxygen atoms in total. The predicted molar refractivity (Wildman–Crippen MR) is 70.9 cm³/mol. The minimum absolute atomic E-state index is 0.0342. The Bertz CT molecular complexity index is 679. The monoisotopic (exact) mass is 330 g/mol. The van der Waals surface area contributed by atoms with Crippen molar-refractivity contribution in [2.24, 2.45) is 0 Å². The lowest BCUT2D eigenvalue weighted by Gasteiger charge is -2.06. The van der Waals surface area contributed by atoms with Crippen LogP contribution in [-0.2, 0) is 10.0 Å². The average Bonchev–Trinajstić information content (AvgIpc) is 2.67. The molecule has 7 heteroatoms. The van der Waals surface area contributed by atoms with Crippen molar-refractivity contribution < 1.29 is 12.8 Å². The topological polar surface area (TPSA) is 72.2 Å². The van der Waals surface area contributed by atoms with Gasteiger partial charge in [0.15, 0.2) is 0 Å². The van der Waals surface area contributed by atoms with Gasteiger partial charge in [-0.3, -0.25) is 0 Å². The van der Waals surface area contributed by atoms with Crippen molar-refractivity contribution in [3.8, 4) is 0 Å². The van der Waals surface area contributed by atoms with E-state index in [1.54, 1.807) is 19.1 Å². The molecule has 0 saturated heterocycles. The fourth-order valence-corrected chi connectivity index (χ4v) is 2.63. The Morgan fingerprint density at radius 1 is 1.33 bits per heavy atom. The number of halogens is 1. The number of rotatable bonds is 3. The van der Waals surface area contributed by atoms with E-state index in [1.807, 2.05) is 6.92 Å². The SMILES string of the molecule is Cc1coc(NS(=O)(=O)c2ccc(Br)c(C)c2)n1. The highest BCUT2D eigenvalue weighted by Gasteiger charge is 2.17. The first-order chi connectivity index (χ1) is 8.38. The number of sulfonamides is 1. The fourth-order valence-electron chi connectivity index (χ4n) is 1.36. The minimum Gasteiger partial charge on any atom is -0.431 e. The van der Waals surface area contributed by atoms with Gasteiger partial charge in [0, 0.05) is 4.47 Å². The van der Waals surface area contributed by atoms with E-state index >= 15 is 0 Å². The number of anilines is 1. The third-order valence-corrected chi connectivity index (χ3v) is 4.49. The molecule has 2 rings (SSSR count). The number of hydrogen-bond donors (Lipinski definition) is 1. The first-order valence-corrected chi connectivity index (χ1v) is 7.37. The van der Waals surface area contributed by atoms with Gasteiger partial charge >= 0.3 is 6.01 Å². The minimum atomic E-state index is -3.67. The van der Waals surface area contributed by atoms with Crippen molar-refractivity contribution in [1.82, 2.24) is 4.98 Å². The molecule has 1 N–H and O–H groups in total. The maximum atomic E-state index is 12.0. The molecule has 0 aliphatic rings. The van der Waals surface area contributed by atoms with Gasteiger partial charge in [-0.2, -0.15) is 4.98 Å². The Hall–Kier alpha value is -1.34. The molecule has 18 heavy (non-hydrogen) atoms. The van der Waals surface area contributed by atoms with Gasteiger partial charge in [0.1, 0.15) is 6.26 Å². The summed E-state index contributed by atoms with van der Waals surface area (Å²) in [5, 5.41) is 0. The van der Waals surface area contributed by atoms with Crippen LogP contribution in [0.15, 0.2) is 38.2 Å². The van der Waals surface area contributed by atoms with E-state index in [4.69, 9.17) is 4.42 Å². The first kappa shape index (κ1) is 13.1. The van der Waals surface area contributed by atoms with Crippen LogP contribution in [0.2, 0.25) is 0 Å². The Morgan fingerprint density at radius 3 is 2.61 bits per heavy atom. The second kappa shape index (κ2) is 4.74. The van der Waals surface area contributed by atoms with Crippen LogP contribution in [0.1, 0.15) is 11.3 Å². The highest BCUT2D eigenvalue weighted by molar-refractivity contribution is 9.10. The van der Waals surface area contributed by atoms with Crippen LogP contribution in [0, 0.1) is 13.8 Å². The van der Waals surface area contributed by atoms with E-state index in [0.29, 0.717) is 5.69 Å². The van der Waals surface area contributed by atoms with Crippen molar-refractivity contribution in [1.29, 1.82) is 0 Å². The van der Waals surface area contributed by atoms with Crippen LogP contribution in [0.5, 0.6) is 0 Å². The van der Waals surface area contributed by atoms with E-state index < -0.39 is 10.0 Å². The summed E-state index contributed by atoms with van der Waals surface area (Å²) >= 11 is 3.32. The molecule has 0 amide bonds. The zero-order valence-electron chi connectivity index (χ0n) is 9.77. The number of aryl methyl sites for hydroxylation is 2. The van der Waals surface area contributed by atoms with Crippen LogP contribution in [-0.4, -0.2) is 13.4 Å². The van der Waals surface area contributed by atoms with Crippen molar-refractivity contribution in [3.63, 3.8) is 0 Å². The molecule has 1 aromatic heterocycles. The number of nitrogens with one attached hydrogen (secondary N) is 1. The Kier molecular flexibility index (Phi) is 3.45. The molecule has 2 aromatic rings. The van der Waals surface area contributed by atoms with E-state index in [0.717, 1.165) is 10.0 Å². The molecule has 1 heterocycles. The quantitative estimate of drug-likeness (QED) is 0.939. The van der Waals surface area contributed by atoms with Gasteiger partial charge in [0.05, 0.1) is 10.6 Å².